The molecule has 20 heavy (non-hydrogen) atoms. The van der Waals surface area contributed by atoms with Crippen LogP contribution < -0.4 is 0 Å². The largest absolute Gasteiger partial charge is 0.481 e. The summed E-state index contributed by atoms with van der Waals surface area (Å²) in [6.07, 6.45) is -0.149. The molecule has 0 radical (unpaired) electrons. The van der Waals surface area contributed by atoms with Gasteiger partial charge in [0.15, 0.2) is 0 Å². The smallest absolute Gasteiger partial charge is 0.306 e. The molecule has 0 saturated carbocycles. The van der Waals surface area contributed by atoms with Gasteiger partial charge in [0.2, 0.25) is 0 Å². The second kappa shape index (κ2) is 11.0. The number of methoxy groups -OCH3 is 1. The minimum atomic E-state index is -0.818. The van der Waals surface area contributed by atoms with Crippen molar-refractivity contribution in [1.29, 1.82) is 0 Å². The molecule has 1 heterocycles. The monoisotopic (exact) mass is 291 g/mol. The molecule has 1 aliphatic heterocycles. The number of hydrogen-bond acceptors (Lipinski definition) is 6. The van der Waals surface area contributed by atoms with E-state index in [0.29, 0.717) is 46.2 Å². The van der Waals surface area contributed by atoms with Crippen molar-refractivity contribution in [3.05, 3.63) is 0 Å². The summed E-state index contributed by atoms with van der Waals surface area (Å²) in [5, 5.41) is 8.74. The zero-order chi connectivity index (χ0) is 14.6. The van der Waals surface area contributed by atoms with Gasteiger partial charge in [0.25, 0.3) is 0 Å². The van der Waals surface area contributed by atoms with Crippen molar-refractivity contribution in [1.82, 2.24) is 4.90 Å². The first-order chi connectivity index (χ1) is 9.72. The fraction of sp³-hybridized carbons (Fsp3) is 0.923. The molecule has 0 aromatic rings. The number of carboxylic acid groups (broad SMARTS) is 1. The van der Waals surface area contributed by atoms with Crippen LogP contribution >= 0.6 is 0 Å². The summed E-state index contributed by atoms with van der Waals surface area (Å²) in [5.74, 6) is -0.818. The Hall–Kier alpha value is -0.730. The van der Waals surface area contributed by atoms with Crippen LogP contribution in [-0.2, 0) is 23.7 Å². The van der Waals surface area contributed by atoms with Crippen LogP contribution in [0.5, 0.6) is 0 Å². The minimum Gasteiger partial charge on any atom is -0.481 e. The van der Waals surface area contributed by atoms with Crippen molar-refractivity contribution in [2.24, 2.45) is 0 Å². The third-order valence-corrected chi connectivity index (χ3v) is 2.98. The van der Waals surface area contributed by atoms with Crippen LogP contribution in [0.1, 0.15) is 6.42 Å². The Kier molecular flexibility index (Phi) is 9.52. The highest BCUT2D eigenvalue weighted by molar-refractivity contribution is 5.67. The lowest BCUT2D eigenvalue weighted by molar-refractivity contribution is -0.142. The molecule has 0 amide bonds. The fourth-order valence-electron chi connectivity index (χ4n) is 1.96. The number of carbonyl (C=O) groups is 1. The van der Waals surface area contributed by atoms with Gasteiger partial charge in [0.05, 0.1) is 52.2 Å². The predicted molar refractivity (Wildman–Crippen MR) is 71.9 cm³/mol. The topological polar surface area (TPSA) is 77.5 Å². The van der Waals surface area contributed by atoms with Crippen LogP contribution in [-0.4, -0.2) is 88.5 Å². The van der Waals surface area contributed by atoms with E-state index in [0.717, 1.165) is 13.1 Å². The Balaban J connectivity index is 1.97. The van der Waals surface area contributed by atoms with Crippen LogP contribution in [0.3, 0.4) is 0 Å². The molecular weight excluding hydrogens is 266 g/mol. The third-order valence-electron chi connectivity index (χ3n) is 2.98. The van der Waals surface area contributed by atoms with E-state index in [1.165, 1.54) is 0 Å². The molecule has 7 nitrogen and oxygen atoms in total. The molecule has 1 saturated heterocycles. The van der Waals surface area contributed by atoms with Crippen molar-refractivity contribution in [2.45, 2.75) is 12.5 Å². The maximum absolute atomic E-state index is 10.6. The first-order valence-electron chi connectivity index (χ1n) is 6.92. The number of morpholine rings is 1. The molecular formula is C13H25NO6. The van der Waals surface area contributed by atoms with E-state index in [-0.39, 0.29) is 12.5 Å². The molecule has 0 aromatic carbocycles. The molecule has 0 aliphatic carbocycles. The van der Waals surface area contributed by atoms with Gasteiger partial charge in [-0.2, -0.15) is 0 Å². The zero-order valence-corrected chi connectivity index (χ0v) is 12.1. The highest BCUT2D eigenvalue weighted by Gasteiger charge is 2.22. The Morgan fingerprint density at radius 3 is 2.65 bits per heavy atom. The van der Waals surface area contributed by atoms with Crippen molar-refractivity contribution in [2.75, 3.05) is 66.4 Å². The molecule has 0 aromatic heterocycles. The summed E-state index contributed by atoms with van der Waals surface area (Å²) < 4.78 is 21.0. The predicted octanol–water partition coefficient (Wildman–Crippen LogP) is -0.158. The van der Waals surface area contributed by atoms with E-state index in [9.17, 15) is 4.79 Å². The molecule has 1 rings (SSSR count). The van der Waals surface area contributed by atoms with Gasteiger partial charge in [-0.15, -0.1) is 0 Å². The number of nitrogens with zero attached hydrogens (tertiary/aromatic N) is 1. The van der Waals surface area contributed by atoms with Gasteiger partial charge in [0, 0.05) is 26.7 Å². The molecule has 1 aliphatic rings. The third kappa shape index (κ3) is 8.44. The van der Waals surface area contributed by atoms with Crippen LogP contribution in [0.2, 0.25) is 0 Å². The van der Waals surface area contributed by atoms with E-state index >= 15 is 0 Å². The molecule has 7 heteroatoms. The lowest BCUT2D eigenvalue weighted by Crippen LogP contribution is -2.44. The van der Waals surface area contributed by atoms with Gasteiger partial charge in [-0.25, -0.2) is 0 Å². The van der Waals surface area contributed by atoms with Gasteiger partial charge in [-0.3, -0.25) is 9.69 Å². The molecule has 1 atom stereocenters. The summed E-state index contributed by atoms with van der Waals surface area (Å²) in [5.41, 5.74) is 0. The maximum atomic E-state index is 10.6. The van der Waals surface area contributed by atoms with Gasteiger partial charge in [-0.1, -0.05) is 0 Å². The quantitative estimate of drug-likeness (QED) is 0.530. The first kappa shape index (κ1) is 17.3. The average molecular weight is 291 g/mol. The van der Waals surface area contributed by atoms with Crippen LogP contribution in [0.4, 0.5) is 0 Å². The highest BCUT2D eigenvalue weighted by atomic mass is 16.5. The summed E-state index contributed by atoms with van der Waals surface area (Å²) in [6, 6.07) is 0. The number of hydrogen-bond donors (Lipinski definition) is 1. The van der Waals surface area contributed by atoms with E-state index in [4.69, 9.17) is 24.1 Å². The fourth-order valence-corrected chi connectivity index (χ4v) is 1.96. The second-order valence-corrected chi connectivity index (χ2v) is 4.61. The van der Waals surface area contributed by atoms with Gasteiger partial charge in [0.1, 0.15) is 0 Å². The van der Waals surface area contributed by atoms with Gasteiger partial charge < -0.3 is 24.1 Å². The molecule has 0 bridgehead atoms. The van der Waals surface area contributed by atoms with Crippen LogP contribution in [0, 0.1) is 0 Å². The summed E-state index contributed by atoms with van der Waals surface area (Å²) >= 11 is 0. The average Bonchev–Trinajstić information content (AvgIpc) is 2.41. The lowest BCUT2D eigenvalue weighted by Gasteiger charge is -2.32. The van der Waals surface area contributed by atoms with E-state index in [2.05, 4.69) is 4.90 Å². The molecule has 1 unspecified atom stereocenters. The van der Waals surface area contributed by atoms with Crippen LogP contribution in [0.15, 0.2) is 0 Å². The molecule has 0 spiro atoms. The Bertz CT molecular complexity index is 263. The zero-order valence-electron chi connectivity index (χ0n) is 12.1. The summed E-state index contributed by atoms with van der Waals surface area (Å²) in [6.45, 7) is 5.77. The SMILES string of the molecule is COCCOCCOCCN1CCOC(CC(=O)O)C1. The summed E-state index contributed by atoms with van der Waals surface area (Å²) in [7, 11) is 1.64. The normalized spacial score (nSPS) is 20.1. The molecule has 118 valence electrons. The Morgan fingerprint density at radius 2 is 1.95 bits per heavy atom. The van der Waals surface area contributed by atoms with Crippen molar-refractivity contribution >= 4 is 5.97 Å². The molecule has 1 fully saturated rings. The van der Waals surface area contributed by atoms with Gasteiger partial charge in [-0.05, 0) is 0 Å². The maximum Gasteiger partial charge on any atom is 0.306 e. The first-order valence-corrected chi connectivity index (χ1v) is 6.92. The Morgan fingerprint density at radius 1 is 1.25 bits per heavy atom. The highest BCUT2D eigenvalue weighted by Crippen LogP contribution is 2.08. The number of carboxylic acids is 1. The summed E-state index contributed by atoms with van der Waals surface area (Å²) in [4.78, 5) is 12.8. The van der Waals surface area contributed by atoms with E-state index in [1.54, 1.807) is 7.11 Å². The van der Waals surface area contributed by atoms with Gasteiger partial charge >= 0.3 is 5.97 Å². The lowest BCUT2D eigenvalue weighted by atomic mass is 10.2. The van der Waals surface area contributed by atoms with Crippen molar-refractivity contribution in [3.63, 3.8) is 0 Å². The molecule has 1 N–H and O–H groups in total. The number of rotatable bonds is 11. The number of ether oxygens (including phenoxy) is 4. The minimum absolute atomic E-state index is 0.0602. The standard InChI is InChI=1S/C13H25NO6/c1-17-6-7-19-9-8-18-4-2-14-3-5-20-12(11-14)10-13(15)16/h12H,2-11H2,1H3,(H,15,16). The van der Waals surface area contributed by atoms with E-state index in [1.807, 2.05) is 0 Å². The number of aliphatic carboxylic acids is 1. The van der Waals surface area contributed by atoms with Crippen molar-refractivity contribution < 1.29 is 28.8 Å². The van der Waals surface area contributed by atoms with Crippen molar-refractivity contribution in [3.8, 4) is 0 Å². The second-order valence-electron chi connectivity index (χ2n) is 4.61. The Labute approximate surface area is 119 Å². The van der Waals surface area contributed by atoms with E-state index < -0.39 is 5.97 Å². The van der Waals surface area contributed by atoms with Crippen LogP contribution in [0.25, 0.3) is 0 Å².